The first-order valence-electron chi connectivity index (χ1n) is 3.50. The minimum absolute atomic E-state index is 0.173. The number of aromatic hydroxyl groups is 1. The van der Waals surface area contributed by atoms with E-state index < -0.39 is 0 Å². The molecule has 0 saturated carbocycles. The lowest BCUT2D eigenvalue weighted by atomic mass is 10.1. The summed E-state index contributed by atoms with van der Waals surface area (Å²) < 4.78 is 1.66. The van der Waals surface area contributed by atoms with Crippen LogP contribution in [0, 0.1) is 0 Å². The molecule has 0 unspecified atom stereocenters. The van der Waals surface area contributed by atoms with E-state index in [1.54, 1.807) is 10.9 Å². The van der Waals surface area contributed by atoms with Gasteiger partial charge in [0.2, 0.25) is 0 Å². The highest BCUT2D eigenvalue weighted by molar-refractivity contribution is 5.10. The predicted molar refractivity (Wildman–Crippen MR) is 42.3 cm³/mol. The van der Waals surface area contributed by atoms with Crippen molar-refractivity contribution in [3.8, 4) is 5.75 Å². The fraction of sp³-hybridized carbons (Fsp3) is 0.571. The number of aromatic nitrogens is 2. The van der Waals surface area contributed by atoms with Crippen LogP contribution in [0.4, 0.5) is 0 Å². The molecule has 11 heavy (non-hydrogen) atoms. The Kier molecular flexibility index (Phi) is 1.87. The third kappa shape index (κ3) is 1.51. The second-order valence-electron chi connectivity index (χ2n) is 3.16. The van der Waals surface area contributed by atoms with Gasteiger partial charge in [0.05, 0.1) is 17.9 Å². The van der Waals surface area contributed by atoms with E-state index in [9.17, 15) is 0 Å². The minimum atomic E-state index is -0.221. The molecule has 1 aromatic heterocycles. The van der Waals surface area contributed by atoms with Crippen molar-refractivity contribution in [3.63, 3.8) is 0 Å². The zero-order valence-corrected chi connectivity index (χ0v) is 6.78. The molecule has 1 rings (SSSR count). The average molecular weight is 155 g/mol. The Morgan fingerprint density at radius 1 is 1.73 bits per heavy atom. The van der Waals surface area contributed by atoms with Crippen molar-refractivity contribution in [2.24, 2.45) is 5.73 Å². The highest BCUT2D eigenvalue weighted by Gasteiger charge is 2.18. The lowest BCUT2D eigenvalue weighted by Crippen LogP contribution is -2.35. The molecule has 4 nitrogen and oxygen atoms in total. The van der Waals surface area contributed by atoms with E-state index in [1.165, 1.54) is 6.20 Å². The molecule has 4 heteroatoms. The summed E-state index contributed by atoms with van der Waals surface area (Å²) in [5, 5.41) is 12.9. The summed E-state index contributed by atoms with van der Waals surface area (Å²) in [5.41, 5.74) is 5.28. The van der Waals surface area contributed by atoms with Crippen molar-refractivity contribution >= 4 is 0 Å². The summed E-state index contributed by atoms with van der Waals surface area (Å²) in [6, 6.07) is 0. The van der Waals surface area contributed by atoms with E-state index in [4.69, 9.17) is 10.8 Å². The van der Waals surface area contributed by atoms with Gasteiger partial charge in [-0.3, -0.25) is 4.68 Å². The predicted octanol–water partition coefficient (Wildman–Crippen LogP) is 0.282. The van der Waals surface area contributed by atoms with E-state index in [0.29, 0.717) is 6.54 Å². The van der Waals surface area contributed by atoms with Crippen LogP contribution in [0.2, 0.25) is 0 Å². The normalized spacial score (nSPS) is 11.9. The third-order valence-corrected chi connectivity index (χ3v) is 1.69. The zero-order chi connectivity index (χ0) is 8.48. The Morgan fingerprint density at radius 3 is 2.73 bits per heavy atom. The SMILES string of the molecule is CC(C)(CN)n1cc(O)cn1. The molecule has 0 saturated heterocycles. The molecule has 0 bridgehead atoms. The summed E-state index contributed by atoms with van der Waals surface area (Å²) in [4.78, 5) is 0. The monoisotopic (exact) mass is 155 g/mol. The van der Waals surface area contributed by atoms with Gasteiger partial charge in [-0.25, -0.2) is 0 Å². The van der Waals surface area contributed by atoms with Crippen molar-refractivity contribution in [1.29, 1.82) is 0 Å². The molecule has 0 radical (unpaired) electrons. The van der Waals surface area contributed by atoms with Crippen molar-refractivity contribution in [2.45, 2.75) is 19.4 Å². The van der Waals surface area contributed by atoms with Crippen molar-refractivity contribution in [1.82, 2.24) is 9.78 Å². The number of hydrogen-bond donors (Lipinski definition) is 2. The molecule has 3 N–H and O–H groups in total. The maximum atomic E-state index is 8.99. The van der Waals surface area contributed by atoms with Gasteiger partial charge in [0.25, 0.3) is 0 Å². The van der Waals surface area contributed by atoms with Crippen molar-refractivity contribution < 1.29 is 5.11 Å². The number of nitrogens with two attached hydrogens (primary N) is 1. The fourth-order valence-corrected chi connectivity index (χ4v) is 0.738. The molecule has 0 aromatic carbocycles. The van der Waals surface area contributed by atoms with Gasteiger partial charge in [0.1, 0.15) is 0 Å². The third-order valence-electron chi connectivity index (χ3n) is 1.69. The Bertz CT molecular complexity index is 242. The summed E-state index contributed by atoms with van der Waals surface area (Å²) in [7, 11) is 0. The van der Waals surface area contributed by atoms with E-state index in [-0.39, 0.29) is 11.3 Å². The highest BCUT2D eigenvalue weighted by atomic mass is 16.3. The van der Waals surface area contributed by atoms with E-state index in [0.717, 1.165) is 0 Å². The van der Waals surface area contributed by atoms with Crippen molar-refractivity contribution in [2.75, 3.05) is 6.54 Å². The van der Waals surface area contributed by atoms with E-state index in [2.05, 4.69) is 5.10 Å². The molecule has 0 fully saturated rings. The van der Waals surface area contributed by atoms with E-state index >= 15 is 0 Å². The highest BCUT2D eigenvalue weighted by Crippen LogP contribution is 2.15. The van der Waals surface area contributed by atoms with Gasteiger partial charge in [-0.05, 0) is 13.8 Å². The molecule has 1 aromatic rings. The van der Waals surface area contributed by atoms with Crippen LogP contribution in [0.25, 0.3) is 0 Å². The first-order valence-corrected chi connectivity index (χ1v) is 3.50. The lowest BCUT2D eigenvalue weighted by molar-refractivity contribution is 0.328. The summed E-state index contributed by atoms with van der Waals surface area (Å²) in [5.74, 6) is 0.173. The minimum Gasteiger partial charge on any atom is -0.505 e. The summed E-state index contributed by atoms with van der Waals surface area (Å²) in [6.07, 6.45) is 2.96. The van der Waals surface area contributed by atoms with Crippen LogP contribution < -0.4 is 5.73 Å². The molecular weight excluding hydrogens is 142 g/mol. The topological polar surface area (TPSA) is 64.1 Å². The Morgan fingerprint density at radius 2 is 2.36 bits per heavy atom. The van der Waals surface area contributed by atoms with Crippen LogP contribution in [0.15, 0.2) is 12.4 Å². The smallest absolute Gasteiger partial charge is 0.153 e. The van der Waals surface area contributed by atoms with Gasteiger partial charge in [-0.1, -0.05) is 0 Å². The van der Waals surface area contributed by atoms with Crippen LogP contribution in [-0.4, -0.2) is 21.4 Å². The second-order valence-corrected chi connectivity index (χ2v) is 3.16. The van der Waals surface area contributed by atoms with Gasteiger partial charge in [-0.2, -0.15) is 5.10 Å². The van der Waals surface area contributed by atoms with Gasteiger partial charge in [-0.15, -0.1) is 0 Å². The molecule has 0 aliphatic carbocycles. The molecular formula is C7H13N3O. The van der Waals surface area contributed by atoms with Crippen LogP contribution in [-0.2, 0) is 5.54 Å². The zero-order valence-electron chi connectivity index (χ0n) is 6.78. The average Bonchev–Trinajstić information content (AvgIpc) is 2.36. The maximum Gasteiger partial charge on any atom is 0.153 e. The quantitative estimate of drug-likeness (QED) is 0.644. The van der Waals surface area contributed by atoms with Crippen LogP contribution >= 0.6 is 0 Å². The Labute approximate surface area is 65.6 Å². The number of rotatable bonds is 2. The maximum absolute atomic E-state index is 8.99. The molecule has 0 amide bonds. The number of nitrogens with zero attached hydrogens (tertiary/aromatic N) is 2. The van der Waals surface area contributed by atoms with E-state index in [1.807, 2.05) is 13.8 Å². The van der Waals surface area contributed by atoms with Crippen LogP contribution in [0.5, 0.6) is 5.75 Å². The van der Waals surface area contributed by atoms with Gasteiger partial charge in [0, 0.05) is 6.54 Å². The van der Waals surface area contributed by atoms with Gasteiger partial charge >= 0.3 is 0 Å². The number of hydrogen-bond acceptors (Lipinski definition) is 3. The van der Waals surface area contributed by atoms with Crippen LogP contribution in [0.1, 0.15) is 13.8 Å². The van der Waals surface area contributed by atoms with Crippen molar-refractivity contribution in [3.05, 3.63) is 12.4 Å². The molecule has 62 valence electrons. The molecule has 0 atom stereocenters. The first-order chi connectivity index (χ1) is 5.06. The summed E-state index contributed by atoms with van der Waals surface area (Å²) in [6.45, 7) is 4.41. The molecule has 0 aliphatic rings. The van der Waals surface area contributed by atoms with Gasteiger partial charge < -0.3 is 10.8 Å². The van der Waals surface area contributed by atoms with Crippen LogP contribution in [0.3, 0.4) is 0 Å². The van der Waals surface area contributed by atoms with Gasteiger partial charge in [0.15, 0.2) is 5.75 Å². The first kappa shape index (κ1) is 8.07. The molecule has 0 aliphatic heterocycles. The summed E-state index contributed by atoms with van der Waals surface area (Å²) >= 11 is 0. The Hall–Kier alpha value is -1.03. The second kappa shape index (κ2) is 2.54. The molecule has 0 spiro atoms. The standard InChI is InChI=1S/C7H13N3O/c1-7(2,5-8)10-4-6(11)3-9-10/h3-4,11H,5,8H2,1-2H3. The largest absolute Gasteiger partial charge is 0.505 e. The Balaban J connectivity index is 2.92. The lowest BCUT2D eigenvalue weighted by Gasteiger charge is -2.22. The molecule has 1 heterocycles. The fourth-order valence-electron chi connectivity index (χ4n) is 0.738.